The molecule has 2 heterocycles. The number of amides is 1. The van der Waals surface area contributed by atoms with E-state index in [0.29, 0.717) is 11.4 Å². The second-order valence-corrected chi connectivity index (χ2v) is 6.41. The number of imidazole rings is 1. The Kier molecular flexibility index (Phi) is 4.74. The van der Waals surface area contributed by atoms with Crippen LogP contribution in [0.5, 0.6) is 11.6 Å². The molecule has 2 aromatic carbocycles. The molecule has 3 N–H and O–H groups in total. The van der Waals surface area contributed by atoms with E-state index in [0.717, 1.165) is 21.4 Å². The van der Waals surface area contributed by atoms with Gasteiger partial charge in [-0.3, -0.25) is 14.4 Å². The van der Waals surface area contributed by atoms with Crippen LogP contribution in [0.1, 0.15) is 11.3 Å². The number of aromatic nitrogens is 2. The summed E-state index contributed by atoms with van der Waals surface area (Å²) in [7, 11) is 1.55. The molecule has 0 spiro atoms. The van der Waals surface area contributed by atoms with E-state index in [1.807, 2.05) is 24.3 Å². The van der Waals surface area contributed by atoms with Crippen molar-refractivity contribution in [2.45, 2.75) is 6.54 Å². The molecule has 0 saturated carbocycles. The molecule has 0 atom stereocenters. The highest BCUT2D eigenvalue weighted by atomic mass is 16.5. The van der Waals surface area contributed by atoms with Crippen molar-refractivity contribution in [1.82, 2.24) is 9.55 Å². The van der Waals surface area contributed by atoms with Crippen LogP contribution in [0.4, 0.5) is 11.4 Å². The third-order valence-electron chi connectivity index (χ3n) is 4.52. The van der Waals surface area contributed by atoms with Crippen LogP contribution in [0.15, 0.2) is 58.3 Å². The summed E-state index contributed by atoms with van der Waals surface area (Å²) >= 11 is 0. The first-order valence-electron chi connectivity index (χ1n) is 8.86. The third kappa shape index (κ3) is 3.68. The molecule has 0 radical (unpaired) electrons. The second-order valence-electron chi connectivity index (χ2n) is 6.41. The fraction of sp³-hybridized carbons (Fsp3) is 0.0952. The van der Waals surface area contributed by atoms with Gasteiger partial charge in [-0.25, -0.2) is 4.79 Å². The average molecular weight is 390 g/mol. The first-order chi connectivity index (χ1) is 14.0. The number of carbonyl (C=O) groups excluding carboxylic acids is 1. The molecule has 146 valence electrons. The van der Waals surface area contributed by atoms with Gasteiger partial charge in [0, 0.05) is 23.0 Å². The number of para-hydroxylation sites is 1. The maximum atomic E-state index is 12.3. The molecule has 0 unspecified atom stereocenters. The van der Waals surface area contributed by atoms with E-state index in [2.05, 4.69) is 15.3 Å². The number of benzene rings is 2. The zero-order chi connectivity index (χ0) is 20.4. The highest BCUT2D eigenvalue weighted by molar-refractivity contribution is 6.21. The Morgan fingerprint density at radius 3 is 2.76 bits per heavy atom. The van der Waals surface area contributed by atoms with Gasteiger partial charge in [-0.1, -0.05) is 18.2 Å². The molecule has 29 heavy (non-hydrogen) atoms. The summed E-state index contributed by atoms with van der Waals surface area (Å²) in [6.45, 7) is -0.332. The van der Waals surface area contributed by atoms with Gasteiger partial charge in [0.15, 0.2) is 0 Å². The number of fused-ring (bicyclic) bond motifs is 1. The van der Waals surface area contributed by atoms with Crippen molar-refractivity contribution in [2.24, 2.45) is 4.99 Å². The summed E-state index contributed by atoms with van der Waals surface area (Å²) in [6, 6.07) is 14.3. The van der Waals surface area contributed by atoms with Gasteiger partial charge in [0.1, 0.15) is 18.0 Å². The van der Waals surface area contributed by atoms with E-state index < -0.39 is 11.6 Å². The molecule has 0 bridgehead atoms. The predicted octanol–water partition coefficient (Wildman–Crippen LogP) is 2.79. The minimum atomic E-state index is -0.581. The Labute approximate surface area is 165 Å². The number of H-pyrrole nitrogens is 1. The van der Waals surface area contributed by atoms with Crippen LogP contribution in [0.2, 0.25) is 0 Å². The number of aromatic hydroxyl groups is 1. The number of nitrogens with zero attached hydrogens (tertiary/aromatic N) is 2. The summed E-state index contributed by atoms with van der Waals surface area (Å²) in [5, 5.41) is 13.1. The highest BCUT2D eigenvalue weighted by Crippen LogP contribution is 2.32. The van der Waals surface area contributed by atoms with Gasteiger partial charge in [0.25, 0.3) is 0 Å². The van der Waals surface area contributed by atoms with Crippen LogP contribution < -0.4 is 15.7 Å². The molecule has 0 aliphatic carbocycles. The largest absolute Gasteiger partial charge is 0.497 e. The smallest absolute Gasteiger partial charge is 0.329 e. The van der Waals surface area contributed by atoms with Crippen molar-refractivity contribution in [3.05, 3.63) is 70.3 Å². The molecule has 3 aromatic rings. The third-order valence-corrected chi connectivity index (χ3v) is 4.52. The Balaban J connectivity index is 1.53. The topological polar surface area (TPSA) is 109 Å². The van der Waals surface area contributed by atoms with Crippen LogP contribution in [-0.4, -0.2) is 33.9 Å². The molecule has 4 rings (SSSR count). The molecule has 8 nitrogen and oxygen atoms in total. The fourth-order valence-corrected chi connectivity index (χ4v) is 3.06. The van der Waals surface area contributed by atoms with Gasteiger partial charge in [0.2, 0.25) is 11.8 Å². The maximum Gasteiger partial charge on any atom is 0.329 e. The van der Waals surface area contributed by atoms with Crippen molar-refractivity contribution in [3.8, 4) is 11.6 Å². The predicted molar refractivity (Wildman–Crippen MR) is 111 cm³/mol. The molecular weight excluding hydrogens is 372 g/mol. The number of aliphatic imine (C=N–C) groups is 1. The number of hydrogen-bond acceptors (Lipinski definition) is 5. The number of allylic oxidation sites excluding steroid dienone is 1. The number of hydrogen-bond donors (Lipinski definition) is 3. The van der Waals surface area contributed by atoms with Gasteiger partial charge < -0.3 is 20.1 Å². The number of anilines is 1. The minimum Gasteiger partial charge on any atom is -0.497 e. The number of carbonyl (C=O) groups is 1. The lowest BCUT2D eigenvalue weighted by molar-refractivity contribution is -0.116. The second kappa shape index (κ2) is 7.51. The standard InChI is InChI=1S/C21H18N4O4/c1-29-15-8-6-14(7-9-15)23-19(26)12-25-20(27)18(24-21(25)28)10-13-11-22-17-5-3-2-4-16(13)17/h2-11,27H,12H2,1H3,(H,23,26)(H,24,28)/b13-10-. The number of aromatic amines is 1. The van der Waals surface area contributed by atoms with E-state index in [9.17, 15) is 14.7 Å². The van der Waals surface area contributed by atoms with Crippen LogP contribution in [0.3, 0.4) is 0 Å². The number of methoxy groups -OCH3 is 1. The Bertz CT molecular complexity index is 1190. The summed E-state index contributed by atoms with van der Waals surface area (Å²) in [5.74, 6) is -0.0964. The Hall–Kier alpha value is -4.07. The van der Waals surface area contributed by atoms with Gasteiger partial charge in [-0.15, -0.1) is 0 Å². The van der Waals surface area contributed by atoms with Gasteiger partial charge in [-0.2, -0.15) is 0 Å². The van der Waals surface area contributed by atoms with Crippen LogP contribution in [0.25, 0.3) is 11.6 Å². The molecule has 0 fully saturated rings. The Morgan fingerprint density at radius 1 is 1.24 bits per heavy atom. The van der Waals surface area contributed by atoms with E-state index >= 15 is 0 Å². The monoisotopic (exact) mass is 390 g/mol. The molecular formula is C21H18N4O4. The lowest BCUT2D eigenvalue weighted by Gasteiger charge is -2.07. The molecule has 0 saturated heterocycles. The van der Waals surface area contributed by atoms with Crippen molar-refractivity contribution in [2.75, 3.05) is 12.4 Å². The maximum absolute atomic E-state index is 12.3. The molecule has 1 aliphatic heterocycles. The quantitative estimate of drug-likeness (QED) is 0.622. The van der Waals surface area contributed by atoms with Crippen molar-refractivity contribution < 1.29 is 14.6 Å². The van der Waals surface area contributed by atoms with E-state index in [1.54, 1.807) is 43.7 Å². The van der Waals surface area contributed by atoms with Crippen molar-refractivity contribution >= 4 is 35.1 Å². The van der Waals surface area contributed by atoms with E-state index in [1.165, 1.54) is 0 Å². The summed E-state index contributed by atoms with van der Waals surface area (Å²) in [4.78, 5) is 31.4. The average Bonchev–Trinajstić information content (AvgIpc) is 3.25. The number of nitrogens with one attached hydrogen (secondary N) is 2. The summed E-state index contributed by atoms with van der Waals surface area (Å²) < 4.78 is 6.05. The van der Waals surface area contributed by atoms with Gasteiger partial charge >= 0.3 is 5.69 Å². The minimum absolute atomic E-state index is 0.213. The van der Waals surface area contributed by atoms with E-state index in [-0.39, 0.29) is 18.1 Å². The first kappa shape index (κ1) is 18.3. The zero-order valence-corrected chi connectivity index (χ0v) is 15.5. The number of rotatable bonds is 5. The molecule has 1 aliphatic rings. The van der Waals surface area contributed by atoms with Gasteiger partial charge in [0.05, 0.1) is 12.8 Å². The van der Waals surface area contributed by atoms with Crippen LogP contribution >= 0.6 is 0 Å². The lowest BCUT2D eigenvalue weighted by atomic mass is 10.1. The highest BCUT2D eigenvalue weighted by Gasteiger charge is 2.17. The fourth-order valence-electron chi connectivity index (χ4n) is 3.06. The lowest BCUT2D eigenvalue weighted by Crippen LogP contribution is -2.25. The zero-order valence-electron chi connectivity index (χ0n) is 15.5. The number of ether oxygens (including phenoxy) is 1. The van der Waals surface area contributed by atoms with Crippen molar-refractivity contribution in [1.29, 1.82) is 0 Å². The van der Waals surface area contributed by atoms with Gasteiger partial charge in [-0.05, 0) is 36.4 Å². The molecule has 1 aromatic heterocycles. The molecule has 1 amide bonds. The SMILES string of the molecule is COc1ccc(NC(=O)Cn2c(O)c(/C=C3/C=Nc4ccccc43)[nH]c2=O)cc1. The van der Waals surface area contributed by atoms with Crippen molar-refractivity contribution in [3.63, 3.8) is 0 Å². The summed E-state index contributed by atoms with van der Waals surface area (Å²) in [6.07, 6.45) is 3.29. The van der Waals surface area contributed by atoms with E-state index in [4.69, 9.17) is 4.74 Å². The Morgan fingerprint density at radius 2 is 2.00 bits per heavy atom. The molecule has 8 heteroatoms. The first-order valence-corrected chi connectivity index (χ1v) is 8.86. The normalized spacial score (nSPS) is 13.5. The van der Waals surface area contributed by atoms with Crippen LogP contribution in [0, 0.1) is 0 Å². The summed E-state index contributed by atoms with van der Waals surface area (Å²) in [5.41, 5.74) is 2.66. The van der Waals surface area contributed by atoms with Crippen LogP contribution in [-0.2, 0) is 11.3 Å².